The summed E-state index contributed by atoms with van der Waals surface area (Å²) >= 11 is 0. The minimum atomic E-state index is 0.132. The van der Waals surface area contributed by atoms with Gasteiger partial charge in [0, 0.05) is 24.7 Å². The van der Waals surface area contributed by atoms with Gasteiger partial charge in [0.15, 0.2) is 5.78 Å². The van der Waals surface area contributed by atoms with Crippen molar-refractivity contribution in [1.29, 1.82) is 0 Å². The smallest absolute Gasteiger partial charge is 0.192 e. The maximum Gasteiger partial charge on any atom is 0.192 e. The van der Waals surface area contributed by atoms with Crippen LogP contribution in [-0.2, 0) is 4.79 Å². The van der Waals surface area contributed by atoms with Gasteiger partial charge < -0.3 is 5.32 Å². The lowest BCUT2D eigenvalue weighted by Crippen LogP contribution is -3.00. The van der Waals surface area contributed by atoms with Gasteiger partial charge in [0.1, 0.15) is 6.54 Å². The van der Waals surface area contributed by atoms with E-state index in [0.717, 1.165) is 42.1 Å². The van der Waals surface area contributed by atoms with E-state index in [1.54, 1.807) is 0 Å². The lowest BCUT2D eigenvalue weighted by Gasteiger charge is -2.56. The Kier molecular flexibility index (Phi) is 3.00. The maximum absolute atomic E-state index is 13.4. The molecule has 0 amide bonds. The van der Waals surface area contributed by atoms with Gasteiger partial charge in [-0.05, 0) is 93.3 Å². The SMILES string of the molecule is O=C(C[NH2+]C12CC3CC(CC(C3)C1)C2)C12CC3CC(CC(C3)C1)C2. The Morgan fingerprint density at radius 3 is 1.46 bits per heavy atom. The minimum absolute atomic E-state index is 0.132. The van der Waals surface area contributed by atoms with Crippen LogP contribution in [0.4, 0.5) is 0 Å². The Labute approximate surface area is 146 Å². The van der Waals surface area contributed by atoms with Crippen molar-refractivity contribution < 1.29 is 10.1 Å². The van der Waals surface area contributed by atoms with E-state index in [0.29, 0.717) is 11.3 Å². The molecule has 0 unspecified atom stereocenters. The summed E-state index contributed by atoms with van der Waals surface area (Å²) in [6, 6.07) is 0. The van der Waals surface area contributed by atoms with Crippen LogP contribution in [0.25, 0.3) is 0 Å². The quantitative estimate of drug-likeness (QED) is 0.844. The Balaban J connectivity index is 1.17. The van der Waals surface area contributed by atoms with Gasteiger partial charge in [-0.15, -0.1) is 0 Å². The highest BCUT2D eigenvalue weighted by Gasteiger charge is 2.57. The second-order valence-corrected chi connectivity index (χ2v) is 11.3. The predicted molar refractivity (Wildman–Crippen MR) is 93.3 cm³/mol. The van der Waals surface area contributed by atoms with Gasteiger partial charge in [-0.3, -0.25) is 4.79 Å². The number of carbonyl (C=O) groups is 1. The third kappa shape index (κ3) is 2.14. The zero-order valence-corrected chi connectivity index (χ0v) is 15.1. The molecule has 8 rings (SSSR count). The normalized spacial score (nSPS) is 56.8. The second kappa shape index (κ2) is 4.87. The molecule has 0 atom stereocenters. The molecule has 8 aliphatic rings. The van der Waals surface area contributed by atoms with Crippen LogP contribution in [0.2, 0.25) is 0 Å². The molecule has 132 valence electrons. The summed E-state index contributed by atoms with van der Waals surface area (Å²) in [5.41, 5.74) is 0.611. The van der Waals surface area contributed by atoms with E-state index < -0.39 is 0 Å². The highest BCUT2D eigenvalue weighted by atomic mass is 16.1. The fourth-order valence-electron chi connectivity index (χ4n) is 9.41. The van der Waals surface area contributed by atoms with Gasteiger partial charge in [0.05, 0.1) is 5.54 Å². The summed E-state index contributed by atoms with van der Waals surface area (Å²) in [7, 11) is 0. The topological polar surface area (TPSA) is 33.7 Å². The largest absolute Gasteiger partial charge is 0.335 e. The maximum atomic E-state index is 13.4. The van der Waals surface area contributed by atoms with E-state index in [1.807, 2.05) is 0 Å². The molecule has 0 saturated heterocycles. The second-order valence-electron chi connectivity index (χ2n) is 11.3. The Hall–Kier alpha value is -0.370. The predicted octanol–water partition coefficient (Wildman–Crippen LogP) is 3.30. The molecule has 24 heavy (non-hydrogen) atoms. The molecule has 2 N–H and O–H groups in total. The molecule has 0 heterocycles. The summed E-state index contributed by atoms with van der Waals surface area (Å²) in [5, 5.41) is 2.58. The van der Waals surface area contributed by atoms with Crippen LogP contribution in [0.1, 0.15) is 77.0 Å². The molecule has 0 aromatic rings. The molecule has 0 aliphatic heterocycles. The molecule has 8 fully saturated rings. The van der Waals surface area contributed by atoms with Crippen molar-refractivity contribution >= 4 is 5.78 Å². The summed E-state index contributed by atoms with van der Waals surface area (Å²) in [6.45, 7) is 0.818. The van der Waals surface area contributed by atoms with E-state index in [4.69, 9.17) is 0 Å². The number of rotatable bonds is 4. The van der Waals surface area contributed by atoms with Crippen LogP contribution in [0, 0.1) is 40.9 Å². The third-order valence-corrected chi connectivity index (χ3v) is 9.44. The molecule has 0 aromatic carbocycles. The van der Waals surface area contributed by atoms with Crippen molar-refractivity contribution in [3.05, 3.63) is 0 Å². The van der Waals surface area contributed by atoms with Crippen molar-refractivity contribution in [1.82, 2.24) is 0 Å². The first-order valence-electron chi connectivity index (χ1n) is 11.0. The lowest BCUT2D eigenvalue weighted by atomic mass is 9.48. The average Bonchev–Trinajstić information content (AvgIpc) is 2.50. The molecule has 0 radical (unpaired) electrons. The number of Topliss-reactive ketones (excluding diaryl/α,β-unsaturated/α-hetero) is 1. The monoisotopic (exact) mass is 328 g/mol. The first-order chi connectivity index (χ1) is 11.6. The molecule has 8 aliphatic carbocycles. The number of nitrogens with two attached hydrogens (primary N) is 1. The van der Waals surface area contributed by atoms with Crippen molar-refractivity contribution in [3.63, 3.8) is 0 Å². The first kappa shape index (κ1) is 14.8. The molecule has 0 aromatic heterocycles. The molecule has 8 saturated carbocycles. The molecular weight excluding hydrogens is 294 g/mol. The number of quaternary nitrogens is 1. The summed E-state index contributed by atoms with van der Waals surface area (Å²) in [5.74, 6) is 6.38. The zero-order chi connectivity index (χ0) is 15.9. The van der Waals surface area contributed by atoms with Crippen LogP contribution in [-0.4, -0.2) is 17.9 Å². The van der Waals surface area contributed by atoms with Gasteiger partial charge in [0.25, 0.3) is 0 Å². The number of hydrogen-bond acceptors (Lipinski definition) is 1. The summed E-state index contributed by atoms with van der Waals surface area (Å²) in [4.78, 5) is 13.4. The number of carbonyl (C=O) groups excluding carboxylic acids is 1. The average molecular weight is 329 g/mol. The van der Waals surface area contributed by atoms with Gasteiger partial charge in [-0.1, -0.05) is 0 Å². The highest BCUT2D eigenvalue weighted by Crippen LogP contribution is 2.60. The van der Waals surface area contributed by atoms with E-state index in [-0.39, 0.29) is 5.41 Å². The van der Waals surface area contributed by atoms with Gasteiger partial charge in [-0.2, -0.15) is 0 Å². The van der Waals surface area contributed by atoms with Crippen LogP contribution >= 0.6 is 0 Å². The van der Waals surface area contributed by atoms with E-state index in [9.17, 15) is 4.79 Å². The van der Waals surface area contributed by atoms with Gasteiger partial charge in [-0.25, -0.2) is 0 Å². The summed E-state index contributed by atoms with van der Waals surface area (Å²) < 4.78 is 0. The fraction of sp³-hybridized carbons (Fsp3) is 0.955. The van der Waals surface area contributed by atoms with Gasteiger partial charge >= 0.3 is 0 Å². The van der Waals surface area contributed by atoms with Crippen LogP contribution in [0.3, 0.4) is 0 Å². The van der Waals surface area contributed by atoms with Crippen LogP contribution < -0.4 is 5.32 Å². The Bertz CT molecular complexity index is 494. The first-order valence-corrected chi connectivity index (χ1v) is 11.0. The van der Waals surface area contributed by atoms with E-state index in [2.05, 4.69) is 5.32 Å². The zero-order valence-electron chi connectivity index (χ0n) is 15.1. The molecule has 2 nitrogen and oxygen atoms in total. The molecule has 0 spiro atoms. The third-order valence-electron chi connectivity index (χ3n) is 9.44. The number of ketones is 1. The van der Waals surface area contributed by atoms with Crippen molar-refractivity contribution in [3.8, 4) is 0 Å². The van der Waals surface area contributed by atoms with E-state index >= 15 is 0 Å². The van der Waals surface area contributed by atoms with Crippen molar-refractivity contribution in [2.24, 2.45) is 40.9 Å². The van der Waals surface area contributed by atoms with Crippen LogP contribution in [0.15, 0.2) is 0 Å². The van der Waals surface area contributed by atoms with Crippen molar-refractivity contribution in [2.75, 3.05) is 6.54 Å². The fourth-order valence-corrected chi connectivity index (χ4v) is 9.41. The molecule has 2 heteroatoms. The van der Waals surface area contributed by atoms with E-state index in [1.165, 1.54) is 77.0 Å². The standard InChI is InChI=1S/C22H33NO/c24-20(21-7-14-1-15(8-21)3-16(2-14)9-21)13-23-22-10-17-4-18(11-22)6-19(5-17)12-22/h14-19,23H,1-13H2/p+1. The van der Waals surface area contributed by atoms with Gasteiger partial charge in [0.2, 0.25) is 0 Å². The Morgan fingerprint density at radius 2 is 1.04 bits per heavy atom. The van der Waals surface area contributed by atoms with Crippen LogP contribution in [0.5, 0.6) is 0 Å². The summed E-state index contributed by atoms with van der Waals surface area (Å²) in [6.07, 6.45) is 16.9. The van der Waals surface area contributed by atoms with Crippen molar-refractivity contribution in [2.45, 2.75) is 82.6 Å². The highest BCUT2D eigenvalue weighted by molar-refractivity contribution is 5.86. The lowest BCUT2D eigenvalue weighted by molar-refractivity contribution is -0.730. The number of hydrogen-bond donors (Lipinski definition) is 1. The minimum Gasteiger partial charge on any atom is -0.335 e. The molecular formula is C22H34NO+. The Morgan fingerprint density at radius 1 is 0.667 bits per heavy atom. The molecule has 8 bridgehead atoms.